The van der Waals surface area contributed by atoms with E-state index >= 15 is 0 Å². The van der Waals surface area contributed by atoms with Gasteiger partial charge in [-0.15, -0.1) is 0 Å². The molecule has 19 heavy (non-hydrogen) atoms. The fraction of sp³-hybridized carbons (Fsp3) is 0.200. The summed E-state index contributed by atoms with van der Waals surface area (Å²) in [5.74, 6) is 0. The van der Waals surface area contributed by atoms with Crippen LogP contribution in [-0.4, -0.2) is 6.61 Å². The van der Waals surface area contributed by atoms with Crippen LogP contribution in [0.5, 0.6) is 0 Å². The molecule has 0 N–H and O–H groups in total. The van der Waals surface area contributed by atoms with E-state index in [1.165, 1.54) is 0 Å². The van der Waals surface area contributed by atoms with Gasteiger partial charge >= 0.3 is 6.72 Å². The van der Waals surface area contributed by atoms with Gasteiger partial charge in [0.2, 0.25) is 0 Å². The van der Waals surface area contributed by atoms with Crippen LogP contribution in [0, 0.1) is 0 Å². The maximum Gasteiger partial charge on any atom is 0.301 e. The summed E-state index contributed by atoms with van der Waals surface area (Å²) in [6, 6.07) is 15.9. The molecule has 1 atom stereocenters. The number of benzene rings is 2. The van der Waals surface area contributed by atoms with Crippen molar-refractivity contribution >= 4 is 18.0 Å². The minimum atomic E-state index is -3.23. The average Bonchev–Trinajstić information content (AvgIpc) is 2.74. The number of hydrogen-bond donors (Lipinski definition) is 0. The molecule has 2 nitrogen and oxygen atoms in total. The van der Waals surface area contributed by atoms with Gasteiger partial charge in [-0.05, 0) is 40.4 Å². The first-order chi connectivity index (χ1) is 9.15. The van der Waals surface area contributed by atoms with Crippen molar-refractivity contribution in [1.29, 1.82) is 0 Å². The van der Waals surface area contributed by atoms with Crippen LogP contribution >= 0.6 is 18.0 Å². The Bertz CT molecular complexity index is 623. The lowest BCUT2D eigenvalue weighted by Crippen LogP contribution is -1.98. The summed E-state index contributed by atoms with van der Waals surface area (Å²) in [6.07, 6.45) is 0. The first kappa shape index (κ1) is 12.9. The van der Waals surface area contributed by atoms with Gasteiger partial charge in [0, 0.05) is 0 Å². The summed E-state index contributed by atoms with van der Waals surface area (Å²) in [7, 11) is 0. The van der Waals surface area contributed by atoms with E-state index < -0.39 is 6.72 Å². The minimum absolute atomic E-state index is 0.349. The van der Waals surface area contributed by atoms with Crippen LogP contribution in [0.4, 0.5) is 0 Å². The SMILES string of the molecule is CCOP(=O)(Cl)C1c2ccccc2-c2ccccc21. The van der Waals surface area contributed by atoms with Gasteiger partial charge in [0.05, 0.1) is 6.61 Å². The summed E-state index contributed by atoms with van der Waals surface area (Å²) in [5, 5.41) is 0. The van der Waals surface area contributed by atoms with Gasteiger partial charge in [-0.2, -0.15) is 0 Å². The highest BCUT2D eigenvalue weighted by atomic mass is 35.7. The number of fused-ring (bicyclic) bond motifs is 3. The Labute approximate surface area is 117 Å². The smallest absolute Gasteiger partial charge is 0.301 e. The topological polar surface area (TPSA) is 26.3 Å². The lowest BCUT2D eigenvalue weighted by Gasteiger charge is -2.19. The fourth-order valence-corrected chi connectivity index (χ4v) is 5.25. The van der Waals surface area contributed by atoms with E-state index in [4.69, 9.17) is 15.8 Å². The lowest BCUT2D eigenvalue weighted by molar-refractivity contribution is 0.341. The third kappa shape index (κ3) is 2.04. The van der Waals surface area contributed by atoms with Crippen LogP contribution < -0.4 is 0 Å². The zero-order chi connectivity index (χ0) is 13.5. The summed E-state index contributed by atoms with van der Waals surface area (Å²) >= 11 is 6.23. The molecular formula is C15H14ClO2P. The molecule has 98 valence electrons. The van der Waals surface area contributed by atoms with Crippen LogP contribution in [0.25, 0.3) is 11.1 Å². The summed E-state index contributed by atoms with van der Waals surface area (Å²) in [5.41, 5.74) is 3.83. The van der Waals surface area contributed by atoms with Crippen LogP contribution in [-0.2, 0) is 9.09 Å². The first-order valence-corrected chi connectivity index (χ1v) is 8.87. The van der Waals surface area contributed by atoms with Gasteiger partial charge < -0.3 is 4.52 Å². The molecule has 0 radical (unpaired) electrons. The molecular weight excluding hydrogens is 279 g/mol. The molecule has 0 aromatic heterocycles. The number of hydrogen-bond acceptors (Lipinski definition) is 2. The molecule has 1 aliphatic rings. The molecule has 0 saturated heterocycles. The van der Waals surface area contributed by atoms with E-state index in [0.29, 0.717) is 6.61 Å². The van der Waals surface area contributed by atoms with Gasteiger partial charge in [-0.3, -0.25) is 4.57 Å². The molecule has 2 aromatic carbocycles. The molecule has 0 amide bonds. The second-order valence-electron chi connectivity index (χ2n) is 4.52. The number of halogens is 1. The standard InChI is InChI=1S/C15H14ClO2P/c1-2-18-19(16,17)15-13-9-5-3-7-11(13)12-8-4-6-10-14(12)15/h3-10,15H,2H2,1H3. The Morgan fingerprint density at radius 3 is 2.00 bits per heavy atom. The highest BCUT2D eigenvalue weighted by molar-refractivity contribution is 7.85. The van der Waals surface area contributed by atoms with Crippen molar-refractivity contribution in [2.75, 3.05) is 6.61 Å². The van der Waals surface area contributed by atoms with Gasteiger partial charge in [0.25, 0.3) is 0 Å². The molecule has 1 aliphatic carbocycles. The Balaban J connectivity index is 2.23. The summed E-state index contributed by atoms with van der Waals surface area (Å²) < 4.78 is 18.0. The van der Waals surface area contributed by atoms with Crippen LogP contribution in [0.3, 0.4) is 0 Å². The molecule has 4 heteroatoms. The van der Waals surface area contributed by atoms with Crippen molar-refractivity contribution in [3.8, 4) is 11.1 Å². The zero-order valence-corrected chi connectivity index (χ0v) is 12.2. The third-order valence-corrected chi connectivity index (χ3v) is 6.08. The Kier molecular flexibility index (Phi) is 3.26. The van der Waals surface area contributed by atoms with Gasteiger partial charge in [-0.1, -0.05) is 48.5 Å². The normalized spacial score (nSPS) is 16.7. The van der Waals surface area contributed by atoms with E-state index in [2.05, 4.69) is 0 Å². The average molecular weight is 293 g/mol. The highest BCUT2D eigenvalue weighted by Crippen LogP contribution is 2.70. The minimum Gasteiger partial charge on any atom is -0.317 e. The van der Waals surface area contributed by atoms with Crippen molar-refractivity contribution in [2.24, 2.45) is 0 Å². The molecule has 0 spiro atoms. The van der Waals surface area contributed by atoms with Crippen LogP contribution in [0.1, 0.15) is 23.7 Å². The fourth-order valence-electron chi connectivity index (χ4n) is 2.71. The van der Waals surface area contributed by atoms with E-state index in [-0.39, 0.29) is 5.66 Å². The monoisotopic (exact) mass is 292 g/mol. The van der Waals surface area contributed by atoms with Crippen molar-refractivity contribution in [3.63, 3.8) is 0 Å². The lowest BCUT2D eigenvalue weighted by atomic mass is 10.1. The van der Waals surface area contributed by atoms with E-state index in [0.717, 1.165) is 22.3 Å². The van der Waals surface area contributed by atoms with E-state index in [1.807, 2.05) is 55.5 Å². The molecule has 3 rings (SSSR count). The zero-order valence-electron chi connectivity index (χ0n) is 10.5. The predicted octanol–water partition coefficient (Wildman–Crippen LogP) is 5.22. The summed E-state index contributed by atoms with van der Waals surface area (Å²) in [4.78, 5) is 0. The molecule has 1 unspecified atom stereocenters. The van der Waals surface area contributed by atoms with E-state index in [1.54, 1.807) is 0 Å². The molecule has 2 aromatic rings. The molecule has 0 saturated carbocycles. The largest absolute Gasteiger partial charge is 0.317 e. The van der Waals surface area contributed by atoms with Crippen molar-refractivity contribution in [3.05, 3.63) is 59.7 Å². The highest BCUT2D eigenvalue weighted by Gasteiger charge is 2.41. The van der Waals surface area contributed by atoms with Crippen LogP contribution in [0.2, 0.25) is 0 Å². The van der Waals surface area contributed by atoms with E-state index in [9.17, 15) is 4.57 Å². The Morgan fingerprint density at radius 1 is 1.05 bits per heavy atom. The predicted molar refractivity (Wildman–Crippen MR) is 78.8 cm³/mol. The quantitative estimate of drug-likeness (QED) is 0.725. The Morgan fingerprint density at radius 2 is 1.53 bits per heavy atom. The maximum absolute atomic E-state index is 12.7. The third-order valence-electron chi connectivity index (χ3n) is 3.41. The molecule has 0 bridgehead atoms. The van der Waals surface area contributed by atoms with Gasteiger partial charge in [-0.25, -0.2) is 0 Å². The second kappa shape index (κ2) is 4.79. The van der Waals surface area contributed by atoms with Crippen molar-refractivity contribution in [1.82, 2.24) is 0 Å². The van der Waals surface area contributed by atoms with Gasteiger partial charge in [0.1, 0.15) is 5.66 Å². The van der Waals surface area contributed by atoms with Gasteiger partial charge in [0.15, 0.2) is 0 Å². The van der Waals surface area contributed by atoms with Crippen molar-refractivity contribution < 1.29 is 9.09 Å². The van der Waals surface area contributed by atoms with Crippen molar-refractivity contribution in [2.45, 2.75) is 12.6 Å². The maximum atomic E-state index is 12.7. The Hall–Kier alpha value is -1.08. The molecule has 0 aliphatic heterocycles. The second-order valence-corrected chi connectivity index (χ2v) is 7.75. The first-order valence-electron chi connectivity index (χ1n) is 6.27. The van der Waals surface area contributed by atoms with Crippen LogP contribution in [0.15, 0.2) is 48.5 Å². The molecule has 0 fully saturated rings. The summed E-state index contributed by atoms with van der Waals surface area (Å²) in [6.45, 7) is -1.08. The molecule has 0 heterocycles. The number of rotatable bonds is 3.